The Labute approximate surface area is 85.2 Å². The maximum absolute atomic E-state index is 10.6. The first-order valence-corrected chi connectivity index (χ1v) is 4.36. The van der Waals surface area contributed by atoms with Crippen LogP contribution in [0.4, 0.5) is 4.79 Å². The summed E-state index contributed by atoms with van der Waals surface area (Å²) >= 11 is 0. The minimum atomic E-state index is -0.402. The van der Waals surface area contributed by atoms with Crippen molar-refractivity contribution in [2.24, 2.45) is 9.98 Å². The van der Waals surface area contributed by atoms with Gasteiger partial charge in [0.2, 0.25) is 0 Å². The first kappa shape index (κ1) is 9.26. The van der Waals surface area contributed by atoms with Gasteiger partial charge in [-0.25, -0.2) is 4.79 Å². The fraction of sp³-hybridized carbons (Fsp3) is 0. The third-order valence-corrected chi connectivity index (χ3v) is 1.72. The van der Waals surface area contributed by atoms with Gasteiger partial charge in [0, 0.05) is 12.4 Å². The van der Waals surface area contributed by atoms with Gasteiger partial charge in [0.05, 0.1) is 10.7 Å². The predicted molar refractivity (Wildman–Crippen MR) is 52.7 cm³/mol. The molecule has 15 heavy (non-hydrogen) atoms. The van der Waals surface area contributed by atoms with Crippen molar-refractivity contribution >= 4 is 6.03 Å². The van der Waals surface area contributed by atoms with E-state index in [0.29, 0.717) is 10.7 Å². The van der Waals surface area contributed by atoms with Crippen LogP contribution in [-0.2, 0) is 0 Å². The van der Waals surface area contributed by atoms with Crippen molar-refractivity contribution < 1.29 is 4.79 Å². The highest BCUT2D eigenvalue weighted by atomic mass is 16.2. The Morgan fingerprint density at radius 1 is 1.00 bits per heavy atom. The Morgan fingerprint density at radius 3 is 2.07 bits per heavy atom. The van der Waals surface area contributed by atoms with Crippen LogP contribution >= 0.6 is 0 Å². The second kappa shape index (κ2) is 4.28. The van der Waals surface area contributed by atoms with Gasteiger partial charge in [-0.2, -0.15) is 15.1 Å². The molecule has 0 radical (unpaired) electrons. The summed E-state index contributed by atoms with van der Waals surface area (Å²) in [5.74, 6) is 0. The maximum Gasteiger partial charge on any atom is 0.368 e. The lowest BCUT2D eigenvalue weighted by Gasteiger charge is -1.75. The summed E-state index contributed by atoms with van der Waals surface area (Å²) in [6, 6.07) is 8.63. The highest BCUT2D eigenvalue weighted by Crippen LogP contribution is 1.83. The van der Waals surface area contributed by atoms with Gasteiger partial charge in [-0.1, -0.05) is 12.1 Å². The zero-order chi connectivity index (χ0) is 10.5. The van der Waals surface area contributed by atoms with Gasteiger partial charge in [-0.3, -0.25) is 5.10 Å². The lowest BCUT2D eigenvalue weighted by molar-refractivity contribution is 0.256. The molecule has 74 valence electrons. The molecule has 2 aromatic rings. The molecule has 0 fully saturated rings. The topological polar surface area (TPSA) is 70.5 Å². The maximum atomic E-state index is 10.6. The number of benzene rings is 1. The number of aromatic nitrogens is 2. The molecule has 0 spiro atoms. The average molecular weight is 200 g/mol. The van der Waals surface area contributed by atoms with E-state index >= 15 is 0 Å². The van der Waals surface area contributed by atoms with Crippen molar-refractivity contribution in [2.75, 3.05) is 0 Å². The van der Waals surface area contributed by atoms with Gasteiger partial charge in [0.1, 0.15) is 0 Å². The molecule has 0 unspecified atom stereocenters. The van der Waals surface area contributed by atoms with Crippen LogP contribution in [0.1, 0.15) is 0 Å². The quantitative estimate of drug-likeness (QED) is 0.671. The third kappa shape index (κ3) is 2.34. The highest BCUT2D eigenvalue weighted by molar-refractivity contribution is 5.77. The number of nitrogens with one attached hydrogen (secondary N) is 1. The minimum absolute atomic E-state index is 0.402. The van der Waals surface area contributed by atoms with E-state index in [-0.39, 0.29) is 0 Å². The van der Waals surface area contributed by atoms with E-state index in [2.05, 4.69) is 20.2 Å². The van der Waals surface area contributed by atoms with Crippen LogP contribution in [0, 0.1) is 0 Å². The van der Waals surface area contributed by atoms with Crippen molar-refractivity contribution in [3.63, 3.8) is 0 Å². The number of aromatic amines is 1. The average Bonchev–Trinajstić information content (AvgIpc) is 2.87. The molecule has 0 saturated carbocycles. The number of fused-ring (bicyclic) bond motifs is 1. The predicted octanol–water partition coefficient (Wildman–Crippen LogP) is 0.469. The molecule has 1 aromatic carbocycles. The van der Waals surface area contributed by atoms with E-state index < -0.39 is 6.03 Å². The zero-order valence-electron chi connectivity index (χ0n) is 7.79. The van der Waals surface area contributed by atoms with Crippen LogP contribution in [0.3, 0.4) is 0 Å². The highest BCUT2D eigenvalue weighted by Gasteiger charge is 2.01. The lowest BCUT2D eigenvalue weighted by atomic mass is 10.3. The Bertz CT molecular complexity index is 505. The number of hydrogen-bond acceptors (Lipinski definition) is 2. The van der Waals surface area contributed by atoms with E-state index in [1.807, 2.05) is 18.2 Å². The number of para-hydroxylation sites is 2. The number of urea groups is 1. The normalized spacial score (nSPS) is 11.9. The fourth-order valence-corrected chi connectivity index (χ4v) is 1.10. The molecule has 2 amide bonds. The molecule has 1 aliphatic rings. The van der Waals surface area contributed by atoms with Crippen LogP contribution in [0.5, 0.6) is 0 Å². The molecule has 2 heterocycles. The minimum Gasteiger partial charge on any atom is -0.286 e. The van der Waals surface area contributed by atoms with E-state index in [9.17, 15) is 4.79 Å². The Balaban J connectivity index is 0.000000144. The molecule has 5 heteroatoms. The first-order valence-electron chi connectivity index (χ1n) is 4.36. The van der Waals surface area contributed by atoms with Gasteiger partial charge in [0.15, 0.2) is 0 Å². The Kier molecular flexibility index (Phi) is 2.64. The third-order valence-electron chi connectivity index (χ3n) is 1.72. The summed E-state index contributed by atoms with van der Waals surface area (Å²) in [7, 11) is 0. The molecule has 0 saturated heterocycles. The van der Waals surface area contributed by atoms with E-state index in [4.69, 9.17) is 0 Å². The molecule has 0 aliphatic carbocycles. The van der Waals surface area contributed by atoms with Crippen LogP contribution in [0.25, 0.3) is 0 Å². The van der Waals surface area contributed by atoms with Crippen molar-refractivity contribution in [1.29, 1.82) is 0 Å². The second-order valence-electron chi connectivity index (χ2n) is 2.76. The van der Waals surface area contributed by atoms with Crippen LogP contribution in [0.15, 0.2) is 52.7 Å². The summed E-state index contributed by atoms with van der Waals surface area (Å²) in [4.78, 5) is 17.9. The monoisotopic (exact) mass is 200 g/mol. The van der Waals surface area contributed by atoms with E-state index in [0.717, 1.165) is 0 Å². The Morgan fingerprint density at radius 2 is 1.67 bits per heavy atom. The number of H-pyrrole nitrogens is 1. The van der Waals surface area contributed by atoms with Crippen molar-refractivity contribution in [3.8, 4) is 0 Å². The lowest BCUT2D eigenvalue weighted by Crippen LogP contribution is -2.19. The molecule has 5 nitrogen and oxygen atoms in total. The number of rotatable bonds is 0. The molecule has 0 atom stereocenters. The van der Waals surface area contributed by atoms with Crippen molar-refractivity contribution in [3.05, 3.63) is 53.4 Å². The van der Waals surface area contributed by atoms with Gasteiger partial charge in [-0.05, 0) is 18.2 Å². The molecule has 0 bridgehead atoms. The largest absolute Gasteiger partial charge is 0.368 e. The number of nitrogens with zero attached hydrogens (tertiary/aromatic N) is 3. The number of carbonyl (C=O) groups is 1. The number of hydrogen-bond donors (Lipinski definition) is 1. The summed E-state index contributed by atoms with van der Waals surface area (Å²) in [5, 5.41) is 7.56. The number of carbonyl (C=O) groups excluding carboxylic acids is 1. The fourth-order valence-electron chi connectivity index (χ4n) is 1.10. The smallest absolute Gasteiger partial charge is 0.286 e. The van der Waals surface area contributed by atoms with Crippen molar-refractivity contribution in [2.45, 2.75) is 0 Å². The number of amides is 2. The summed E-state index contributed by atoms with van der Waals surface area (Å²) < 4.78 is 0. The molecule has 1 aromatic heterocycles. The summed E-state index contributed by atoms with van der Waals surface area (Å²) in [6.07, 6.45) is 3.46. The van der Waals surface area contributed by atoms with Gasteiger partial charge < -0.3 is 0 Å². The summed E-state index contributed by atoms with van der Waals surface area (Å²) in [5.41, 5.74) is 0. The molecule has 1 aliphatic heterocycles. The van der Waals surface area contributed by atoms with Crippen LogP contribution in [0.2, 0.25) is 0 Å². The van der Waals surface area contributed by atoms with Crippen molar-refractivity contribution in [1.82, 2.24) is 10.2 Å². The van der Waals surface area contributed by atoms with Gasteiger partial charge >= 0.3 is 6.03 Å². The zero-order valence-corrected chi connectivity index (χ0v) is 7.79. The van der Waals surface area contributed by atoms with Crippen LogP contribution in [-0.4, -0.2) is 16.2 Å². The molecular formula is C10H8N4O. The van der Waals surface area contributed by atoms with Gasteiger partial charge in [-0.15, -0.1) is 0 Å². The standard InChI is InChI=1S/C7H4N2O.C3H4N2/c10-7-8-5-3-1-2-4-6(5)9-7;1-2-4-5-3-1/h1-4H;1-3H,(H,4,5). The van der Waals surface area contributed by atoms with Gasteiger partial charge in [0.25, 0.3) is 0 Å². The Hall–Kier alpha value is -2.30. The summed E-state index contributed by atoms with van der Waals surface area (Å²) in [6.45, 7) is 0. The van der Waals surface area contributed by atoms with E-state index in [1.54, 1.807) is 24.5 Å². The van der Waals surface area contributed by atoms with Crippen LogP contribution < -0.4 is 10.7 Å². The SMILES string of the molecule is O=C1N=c2ccccc2=N1.c1cn[nH]c1. The first-order chi connectivity index (χ1) is 7.36. The molecule has 3 rings (SSSR count). The molecule has 1 N–H and O–H groups in total. The second-order valence-corrected chi connectivity index (χ2v) is 2.76. The van der Waals surface area contributed by atoms with E-state index in [1.165, 1.54) is 0 Å². The molecular weight excluding hydrogens is 192 g/mol.